The lowest BCUT2D eigenvalue weighted by Crippen LogP contribution is -2.36. The molecule has 1 heterocycles. The molecule has 5 heteroatoms. The van der Waals surface area contributed by atoms with Crippen LogP contribution in [0.3, 0.4) is 0 Å². The first kappa shape index (κ1) is 15.5. The zero-order valence-corrected chi connectivity index (χ0v) is 12.6. The minimum Gasteiger partial charge on any atom is -0.395 e. The van der Waals surface area contributed by atoms with Gasteiger partial charge in [0.1, 0.15) is 0 Å². The first-order chi connectivity index (χ1) is 10.1. The van der Waals surface area contributed by atoms with Crippen LogP contribution in [0.5, 0.6) is 0 Å². The summed E-state index contributed by atoms with van der Waals surface area (Å²) in [5, 5.41) is 8.89. The van der Waals surface area contributed by atoms with Crippen LogP contribution < -0.4 is 4.90 Å². The molecule has 2 rings (SSSR count). The van der Waals surface area contributed by atoms with Crippen LogP contribution in [0.15, 0.2) is 24.3 Å². The second kappa shape index (κ2) is 6.72. The van der Waals surface area contributed by atoms with Crippen molar-refractivity contribution >= 4 is 17.5 Å². The molecular formula is C16H22N2O3. The fourth-order valence-electron chi connectivity index (χ4n) is 2.61. The highest BCUT2D eigenvalue weighted by Gasteiger charge is 2.36. The highest BCUT2D eigenvalue weighted by Crippen LogP contribution is 2.26. The van der Waals surface area contributed by atoms with E-state index in [1.807, 2.05) is 24.3 Å². The van der Waals surface area contributed by atoms with Crippen LogP contribution in [-0.4, -0.2) is 48.6 Å². The third-order valence-electron chi connectivity index (χ3n) is 3.94. The van der Waals surface area contributed by atoms with Gasteiger partial charge in [0.2, 0.25) is 11.8 Å². The van der Waals surface area contributed by atoms with E-state index < -0.39 is 0 Å². The summed E-state index contributed by atoms with van der Waals surface area (Å²) in [6.07, 6.45) is 1.20. The van der Waals surface area contributed by atoms with E-state index in [0.29, 0.717) is 13.1 Å². The molecule has 1 aromatic carbocycles. The van der Waals surface area contributed by atoms with Crippen molar-refractivity contribution in [3.63, 3.8) is 0 Å². The predicted molar refractivity (Wildman–Crippen MR) is 81.0 cm³/mol. The molecule has 0 aromatic heterocycles. The van der Waals surface area contributed by atoms with Gasteiger partial charge in [0.05, 0.1) is 12.5 Å². The van der Waals surface area contributed by atoms with E-state index in [1.54, 1.807) is 11.9 Å². The van der Waals surface area contributed by atoms with Crippen LogP contribution in [0.1, 0.15) is 18.9 Å². The molecule has 1 aliphatic rings. The summed E-state index contributed by atoms with van der Waals surface area (Å²) in [7, 11) is 1.65. The van der Waals surface area contributed by atoms with Crippen molar-refractivity contribution < 1.29 is 14.7 Å². The number of aryl methyl sites for hydroxylation is 1. The third kappa shape index (κ3) is 3.42. The molecule has 21 heavy (non-hydrogen) atoms. The van der Waals surface area contributed by atoms with Crippen LogP contribution in [0.2, 0.25) is 0 Å². The molecule has 0 spiro atoms. The van der Waals surface area contributed by atoms with Gasteiger partial charge in [0, 0.05) is 32.2 Å². The van der Waals surface area contributed by atoms with Crippen LogP contribution in [0, 0.1) is 5.92 Å². The van der Waals surface area contributed by atoms with Gasteiger partial charge in [-0.3, -0.25) is 9.59 Å². The summed E-state index contributed by atoms with van der Waals surface area (Å²) in [5.74, 6) is -0.417. The average Bonchev–Trinajstić information content (AvgIpc) is 2.88. The number of amides is 2. The molecule has 0 bridgehead atoms. The summed E-state index contributed by atoms with van der Waals surface area (Å²) in [4.78, 5) is 27.5. The maximum Gasteiger partial charge on any atom is 0.227 e. The molecule has 0 radical (unpaired) electrons. The molecule has 1 unspecified atom stereocenters. The van der Waals surface area contributed by atoms with Crippen LogP contribution in [-0.2, 0) is 16.0 Å². The van der Waals surface area contributed by atoms with Gasteiger partial charge < -0.3 is 14.9 Å². The molecule has 1 aromatic rings. The van der Waals surface area contributed by atoms with E-state index in [9.17, 15) is 9.59 Å². The Bertz CT molecular complexity index is 513. The van der Waals surface area contributed by atoms with Gasteiger partial charge in [-0.05, 0) is 24.1 Å². The molecule has 1 saturated heterocycles. The Morgan fingerprint density at radius 2 is 2.05 bits per heavy atom. The maximum atomic E-state index is 12.2. The highest BCUT2D eigenvalue weighted by molar-refractivity contribution is 6.00. The molecule has 1 N–H and O–H groups in total. The van der Waals surface area contributed by atoms with E-state index in [2.05, 4.69) is 6.92 Å². The van der Waals surface area contributed by atoms with Crippen molar-refractivity contribution in [1.29, 1.82) is 0 Å². The second-order valence-electron chi connectivity index (χ2n) is 5.41. The molecule has 1 aliphatic heterocycles. The second-order valence-corrected chi connectivity index (χ2v) is 5.41. The number of aliphatic hydroxyl groups is 1. The number of anilines is 1. The first-order valence-electron chi connectivity index (χ1n) is 7.32. The van der Waals surface area contributed by atoms with E-state index >= 15 is 0 Å². The lowest BCUT2D eigenvalue weighted by Gasteiger charge is -2.20. The van der Waals surface area contributed by atoms with Crippen molar-refractivity contribution in [1.82, 2.24) is 4.90 Å². The van der Waals surface area contributed by atoms with Gasteiger partial charge in [-0.15, -0.1) is 0 Å². The van der Waals surface area contributed by atoms with Gasteiger partial charge in [0.15, 0.2) is 0 Å². The Kier molecular flexibility index (Phi) is 4.96. The quantitative estimate of drug-likeness (QED) is 0.882. The summed E-state index contributed by atoms with van der Waals surface area (Å²) in [5.41, 5.74) is 2.07. The Labute approximate surface area is 125 Å². The number of nitrogens with zero attached hydrogens (tertiary/aromatic N) is 2. The van der Waals surface area contributed by atoms with Gasteiger partial charge in [-0.1, -0.05) is 19.1 Å². The lowest BCUT2D eigenvalue weighted by atomic mass is 10.1. The average molecular weight is 290 g/mol. The number of likely N-dealkylation sites (N-methyl/N-ethyl adjacent to an activating group) is 1. The number of carbonyl (C=O) groups excluding carboxylic acids is 2. The number of rotatable bonds is 5. The van der Waals surface area contributed by atoms with Gasteiger partial charge >= 0.3 is 0 Å². The minimum absolute atomic E-state index is 0.0185. The molecule has 2 amide bonds. The predicted octanol–water partition coefficient (Wildman–Crippen LogP) is 1.05. The third-order valence-corrected chi connectivity index (χ3v) is 3.94. The largest absolute Gasteiger partial charge is 0.395 e. The van der Waals surface area contributed by atoms with Crippen molar-refractivity contribution in [2.45, 2.75) is 19.8 Å². The minimum atomic E-state index is -0.320. The van der Waals surface area contributed by atoms with Gasteiger partial charge in [0.25, 0.3) is 0 Å². The van der Waals surface area contributed by atoms with Crippen LogP contribution >= 0.6 is 0 Å². The topological polar surface area (TPSA) is 60.9 Å². The smallest absolute Gasteiger partial charge is 0.227 e. The maximum absolute atomic E-state index is 12.2. The first-order valence-corrected chi connectivity index (χ1v) is 7.32. The fraction of sp³-hybridized carbons (Fsp3) is 0.500. The lowest BCUT2D eigenvalue weighted by molar-refractivity contribution is -0.134. The van der Waals surface area contributed by atoms with E-state index in [4.69, 9.17) is 5.11 Å². The summed E-state index contributed by atoms with van der Waals surface area (Å²) >= 11 is 0. The Balaban J connectivity index is 2.06. The Hall–Kier alpha value is -1.88. The molecular weight excluding hydrogens is 268 g/mol. The van der Waals surface area contributed by atoms with E-state index in [-0.39, 0.29) is 30.8 Å². The van der Waals surface area contributed by atoms with Gasteiger partial charge in [-0.2, -0.15) is 0 Å². The SMILES string of the molecule is CCc1ccc(N2CC(C(=O)N(C)CCO)CC2=O)cc1. The molecule has 0 saturated carbocycles. The van der Waals surface area contributed by atoms with Crippen molar-refractivity contribution in [3.05, 3.63) is 29.8 Å². The van der Waals surface area contributed by atoms with E-state index in [1.165, 1.54) is 10.5 Å². The Morgan fingerprint density at radius 3 is 2.62 bits per heavy atom. The molecule has 1 fully saturated rings. The molecule has 114 valence electrons. The zero-order valence-electron chi connectivity index (χ0n) is 12.6. The summed E-state index contributed by atoms with van der Waals surface area (Å²) in [6, 6.07) is 7.88. The van der Waals surface area contributed by atoms with Crippen LogP contribution in [0.25, 0.3) is 0 Å². The zero-order chi connectivity index (χ0) is 15.4. The Morgan fingerprint density at radius 1 is 1.38 bits per heavy atom. The van der Waals surface area contributed by atoms with Crippen molar-refractivity contribution in [2.75, 3.05) is 31.6 Å². The monoisotopic (exact) mass is 290 g/mol. The normalized spacial score (nSPS) is 18.1. The van der Waals surface area contributed by atoms with Crippen molar-refractivity contribution in [2.24, 2.45) is 5.92 Å². The van der Waals surface area contributed by atoms with Crippen LogP contribution in [0.4, 0.5) is 5.69 Å². The molecule has 1 atom stereocenters. The summed E-state index contributed by atoms with van der Waals surface area (Å²) in [6.45, 7) is 2.74. The number of hydrogen-bond donors (Lipinski definition) is 1. The fourth-order valence-corrected chi connectivity index (χ4v) is 2.61. The number of benzene rings is 1. The van der Waals surface area contributed by atoms with Gasteiger partial charge in [-0.25, -0.2) is 0 Å². The van der Waals surface area contributed by atoms with E-state index in [0.717, 1.165) is 12.1 Å². The number of aliphatic hydroxyl groups excluding tert-OH is 1. The number of hydrogen-bond acceptors (Lipinski definition) is 3. The standard InChI is InChI=1S/C16H22N2O3/c1-3-12-4-6-14(7-5-12)18-11-13(10-15(18)20)16(21)17(2)8-9-19/h4-7,13,19H,3,8-11H2,1-2H3. The highest BCUT2D eigenvalue weighted by atomic mass is 16.3. The van der Waals surface area contributed by atoms with Crippen molar-refractivity contribution in [3.8, 4) is 0 Å². The summed E-state index contributed by atoms with van der Waals surface area (Å²) < 4.78 is 0. The molecule has 0 aliphatic carbocycles. The number of carbonyl (C=O) groups is 2. The molecule has 5 nitrogen and oxygen atoms in total.